The summed E-state index contributed by atoms with van der Waals surface area (Å²) in [5.41, 5.74) is 16.9. The Morgan fingerprint density at radius 1 is 0.353 bits per heavy atom. The van der Waals surface area contributed by atoms with Gasteiger partial charge in [0, 0.05) is 5.41 Å². The van der Waals surface area contributed by atoms with E-state index in [1.807, 2.05) is 0 Å². The van der Waals surface area contributed by atoms with E-state index in [1.54, 1.807) is 0 Å². The Bertz CT molecular complexity index is 2610. The molecule has 51 heavy (non-hydrogen) atoms. The van der Waals surface area contributed by atoms with Crippen molar-refractivity contribution in [3.05, 3.63) is 180 Å². The highest BCUT2D eigenvalue weighted by molar-refractivity contribution is 6.22. The fourth-order valence-electron chi connectivity index (χ4n) is 8.53. The molecule has 1 aliphatic carbocycles. The molecule has 9 rings (SSSR count). The molecule has 0 unspecified atom stereocenters. The third-order valence-corrected chi connectivity index (χ3v) is 11.3. The molecule has 8 aromatic rings. The predicted molar refractivity (Wildman–Crippen MR) is 219 cm³/mol. The first-order chi connectivity index (χ1) is 24.7. The minimum atomic E-state index is -0.0704. The van der Waals surface area contributed by atoms with Gasteiger partial charge in [0.2, 0.25) is 0 Å². The summed E-state index contributed by atoms with van der Waals surface area (Å²) in [6, 6.07) is 61.1. The summed E-state index contributed by atoms with van der Waals surface area (Å²) in [6.45, 7) is 11.7. The highest BCUT2D eigenvalue weighted by atomic mass is 14.4. The van der Waals surface area contributed by atoms with Crippen LogP contribution in [0.25, 0.3) is 77.2 Å². The van der Waals surface area contributed by atoms with Crippen molar-refractivity contribution >= 4 is 21.5 Å². The van der Waals surface area contributed by atoms with Crippen molar-refractivity contribution in [2.24, 2.45) is 0 Å². The first-order valence-corrected chi connectivity index (χ1v) is 18.2. The first-order valence-electron chi connectivity index (χ1n) is 18.2. The second-order valence-corrected chi connectivity index (χ2v) is 15.7. The van der Waals surface area contributed by atoms with Crippen molar-refractivity contribution in [1.29, 1.82) is 0 Å². The van der Waals surface area contributed by atoms with E-state index in [0.29, 0.717) is 0 Å². The maximum absolute atomic E-state index is 2.49. The van der Waals surface area contributed by atoms with Gasteiger partial charge in [0.1, 0.15) is 0 Å². The van der Waals surface area contributed by atoms with Gasteiger partial charge in [0.25, 0.3) is 0 Å². The molecule has 0 heteroatoms. The zero-order valence-electron chi connectivity index (χ0n) is 30.1. The first kappa shape index (κ1) is 31.3. The van der Waals surface area contributed by atoms with E-state index >= 15 is 0 Å². The average molecular weight is 655 g/mol. The quantitative estimate of drug-likeness (QED) is 0.166. The van der Waals surface area contributed by atoms with Gasteiger partial charge in [0.05, 0.1) is 0 Å². The smallest absolute Gasteiger partial charge is 0.0159 e. The van der Waals surface area contributed by atoms with E-state index in [-0.39, 0.29) is 10.8 Å². The Morgan fingerprint density at radius 3 is 1.61 bits per heavy atom. The van der Waals surface area contributed by atoms with Gasteiger partial charge < -0.3 is 0 Å². The van der Waals surface area contributed by atoms with Crippen molar-refractivity contribution in [3.8, 4) is 55.6 Å². The normalized spacial score (nSPS) is 13.4. The van der Waals surface area contributed by atoms with E-state index in [1.165, 1.54) is 93.9 Å². The maximum atomic E-state index is 2.49. The number of hydrogen-bond acceptors (Lipinski definition) is 0. The van der Waals surface area contributed by atoms with Crippen molar-refractivity contribution in [2.75, 3.05) is 0 Å². The lowest BCUT2D eigenvalue weighted by Gasteiger charge is -2.25. The maximum Gasteiger partial charge on any atom is 0.0159 e. The summed E-state index contributed by atoms with van der Waals surface area (Å²) in [7, 11) is 0. The van der Waals surface area contributed by atoms with Gasteiger partial charge in [-0.15, -0.1) is 0 Å². The second-order valence-electron chi connectivity index (χ2n) is 15.7. The SMILES string of the molecule is CC(C)(C)c1ccc2c(-c3ccccc3-c3ccc(-c4ccccc4)cc3)c3ccccc3c(-c3ccc4c(c3)C(C)(C)c3ccccc3-4)c2c1. The molecule has 0 atom stereocenters. The van der Waals surface area contributed by atoms with E-state index in [9.17, 15) is 0 Å². The lowest BCUT2D eigenvalue weighted by Crippen LogP contribution is -2.14. The largest absolute Gasteiger partial charge is 0.0622 e. The van der Waals surface area contributed by atoms with Crippen LogP contribution in [0.5, 0.6) is 0 Å². The number of benzene rings is 8. The zero-order valence-corrected chi connectivity index (χ0v) is 30.1. The molecular weight excluding hydrogens is 613 g/mol. The Hall–Kier alpha value is -5.72. The van der Waals surface area contributed by atoms with Crippen molar-refractivity contribution in [1.82, 2.24) is 0 Å². The van der Waals surface area contributed by atoms with Gasteiger partial charge in [-0.25, -0.2) is 0 Å². The number of rotatable bonds is 4. The van der Waals surface area contributed by atoms with Gasteiger partial charge >= 0.3 is 0 Å². The topological polar surface area (TPSA) is 0 Å². The van der Waals surface area contributed by atoms with Crippen LogP contribution in [0.2, 0.25) is 0 Å². The molecule has 0 saturated carbocycles. The summed E-state index contributed by atoms with van der Waals surface area (Å²) in [4.78, 5) is 0. The van der Waals surface area contributed by atoms with Gasteiger partial charge in [-0.3, -0.25) is 0 Å². The monoisotopic (exact) mass is 654 g/mol. The fourth-order valence-corrected chi connectivity index (χ4v) is 8.53. The highest BCUT2D eigenvalue weighted by Gasteiger charge is 2.35. The molecule has 0 amide bonds. The Labute approximate surface area is 302 Å². The summed E-state index contributed by atoms with van der Waals surface area (Å²) in [6.07, 6.45) is 0. The molecule has 0 nitrogen and oxygen atoms in total. The van der Waals surface area contributed by atoms with Crippen molar-refractivity contribution < 1.29 is 0 Å². The van der Waals surface area contributed by atoms with Crippen molar-refractivity contribution in [2.45, 2.75) is 45.4 Å². The third-order valence-electron chi connectivity index (χ3n) is 11.3. The Balaban J connectivity index is 1.31. The van der Waals surface area contributed by atoms with Gasteiger partial charge in [0.15, 0.2) is 0 Å². The van der Waals surface area contributed by atoms with Crippen LogP contribution < -0.4 is 0 Å². The summed E-state index contributed by atoms with van der Waals surface area (Å²) >= 11 is 0. The van der Waals surface area contributed by atoms with Crippen LogP contribution in [0, 0.1) is 0 Å². The van der Waals surface area contributed by atoms with Crippen LogP contribution >= 0.6 is 0 Å². The van der Waals surface area contributed by atoms with E-state index in [0.717, 1.165) is 0 Å². The van der Waals surface area contributed by atoms with Gasteiger partial charge in [-0.2, -0.15) is 0 Å². The zero-order chi connectivity index (χ0) is 34.9. The van der Waals surface area contributed by atoms with Crippen LogP contribution in [-0.2, 0) is 10.8 Å². The molecule has 0 saturated heterocycles. The number of fused-ring (bicyclic) bond motifs is 5. The molecule has 1 aliphatic rings. The second kappa shape index (κ2) is 11.7. The molecule has 0 aliphatic heterocycles. The Morgan fingerprint density at radius 2 is 0.882 bits per heavy atom. The molecule has 0 fully saturated rings. The fraction of sp³-hybridized carbons (Fsp3) is 0.137. The van der Waals surface area contributed by atoms with E-state index in [2.05, 4.69) is 198 Å². The molecule has 246 valence electrons. The van der Waals surface area contributed by atoms with Crippen LogP contribution in [-0.4, -0.2) is 0 Å². The lowest BCUT2D eigenvalue weighted by atomic mass is 9.79. The summed E-state index contributed by atoms with van der Waals surface area (Å²) < 4.78 is 0. The minimum absolute atomic E-state index is 0.0112. The Kier molecular flexibility index (Phi) is 7.16. The molecule has 0 radical (unpaired) electrons. The van der Waals surface area contributed by atoms with Crippen LogP contribution in [0.15, 0.2) is 164 Å². The van der Waals surface area contributed by atoms with E-state index < -0.39 is 0 Å². The average Bonchev–Trinajstić information content (AvgIpc) is 3.39. The van der Waals surface area contributed by atoms with Gasteiger partial charge in [-0.05, 0) is 111 Å². The molecule has 0 aromatic heterocycles. The third kappa shape index (κ3) is 5.04. The predicted octanol–water partition coefficient (Wildman–Crippen LogP) is 14.3. The summed E-state index contributed by atoms with van der Waals surface area (Å²) in [5, 5.41) is 5.15. The highest BCUT2D eigenvalue weighted by Crippen LogP contribution is 2.52. The van der Waals surface area contributed by atoms with Crippen LogP contribution in [0.3, 0.4) is 0 Å². The van der Waals surface area contributed by atoms with E-state index in [4.69, 9.17) is 0 Å². The lowest BCUT2D eigenvalue weighted by molar-refractivity contribution is 0.591. The molecule has 0 spiro atoms. The molecule has 0 N–H and O–H groups in total. The standard InChI is InChI=1S/C51H42/c1-50(2,3)37-28-30-44-45(32-37)48(36-27-29-40-39-18-13-14-22-46(39)51(4,5)47(40)31-36)42-20-11-12-21-43(42)49(44)41-19-10-9-17-38(41)35-25-23-34(24-26-35)33-15-7-6-8-16-33/h6-32H,1-5H3. The van der Waals surface area contributed by atoms with Gasteiger partial charge in [-0.1, -0.05) is 186 Å². The molecule has 8 aromatic carbocycles. The minimum Gasteiger partial charge on any atom is -0.0622 e. The molecular formula is C51H42. The summed E-state index contributed by atoms with van der Waals surface area (Å²) in [5.74, 6) is 0. The number of hydrogen-bond donors (Lipinski definition) is 0. The molecule has 0 heterocycles. The van der Waals surface area contributed by atoms with Crippen molar-refractivity contribution in [3.63, 3.8) is 0 Å². The van der Waals surface area contributed by atoms with Crippen LogP contribution in [0.1, 0.15) is 51.3 Å². The van der Waals surface area contributed by atoms with Crippen LogP contribution in [0.4, 0.5) is 0 Å². The molecule has 0 bridgehead atoms.